The van der Waals surface area contributed by atoms with Crippen molar-refractivity contribution in [2.45, 2.75) is 13.8 Å². The van der Waals surface area contributed by atoms with Crippen LogP contribution in [0.5, 0.6) is 11.5 Å². The summed E-state index contributed by atoms with van der Waals surface area (Å²) in [5.41, 5.74) is 0.862. The molecular formula is C11H12O3. The molecule has 0 aliphatic carbocycles. The van der Waals surface area contributed by atoms with E-state index >= 15 is 0 Å². The van der Waals surface area contributed by atoms with Crippen LogP contribution in [0.15, 0.2) is 24.3 Å². The second-order valence-corrected chi connectivity index (χ2v) is 2.82. The molecule has 14 heavy (non-hydrogen) atoms. The standard InChI is InChI=1S/C11H12O3/c1-3-4-9-5-6-11(10(13)7-9)14-8(2)12/h3-7,13H,1-2H3. The van der Waals surface area contributed by atoms with Gasteiger partial charge in [-0.2, -0.15) is 0 Å². The first-order valence-electron chi connectivity index (χ1n) is 4.27. The minimum atomic E-state index is -0.445. The molecule has 1 aromatic rings. The lowest BCUT2D eigenvalue weighted by molar-refractivity contribution is -0.132. The van der Waals surface area contributed by atoms with Crippen molar-refractivity contribution in [1.82, 2.24) is 0 Å². The highest BCUT2D eigenvalue weighted by Crippen LogP contribution is 2.27. The molecule has 0 radical (unpaired) electrons. The van der Waals surface area contributed by atoms with Gasteiger partial charge in [-0.25, -0.2) is 0 Å². The van der Waals surface area contributed by atoms with Crippen LogP contribution < -0.4 is 4.74 Å². The lowest BCUT2D eigenvalue weighted by atomic mass is 10.2. The molecule has 1 N–H and O–H groups in total. The van der Waals surface area contributed by atoms with Gasteiger partial charge in [0, 0.05) is 6.92 Å². The van der Waals surface area contributed by atoms with Crippen LogP contribution in [0.1, 0.15) is 19.4 Å². The Kier molecular flexibility index (Phi) is 3.29. The fourth-order valence-electron chi connectivity index (χ4n) is 1.07. The number of carbonyl (C=O) groups is 1. The van der Waals surface area contributed by atoms with Gasteiger partial charge in [-0.3, -0.25) is 4.79 Å². The summed E-state index contributed by atoms with van der Waals surface area (Å²) in [5.74, 6) is -0.291. The SMILES string of the molecule is CC=Cc1ccc(OC(C)=O)c(O)c1. The highest BCUT2D eigenvalue weighted by atomic mass is 16.5. The molecule has 3 heteroatoms. The molecule has 0 unspecified atom stereocenters. The number of hydrogen-bond acceptors (Lipinski definition) is 3. The van der Waals surface area contributed by atoms with Crippen molar-refractivity contribution in [3.05, 3.63) is 29.8 Å². The molecular weight excluding hydrogens is 180 g/mol. The van der Waals surface area contributed by atoms with Crippen molar-refractivity contribution in [3.8, 4) is 11.5 Å². The monoisotopic (exact) mass is 192 g/mol. The molecule has 0 bridgehead atoms. The van der Waals surface area contributed by atoms with Gasteiger partial charge >= 0.3 is 5.97 Å². The summed E-state index contributed by atoms with van der Waals surface area (Å²) in [6.07, 6.45) is 3.71. The van der Waals surface area contributed by atoms with Gasteiger partial charge in [0.25, 0.3) is 0 Å². The number of aromatic hydroxyl groups is 1. The smallest absolute Gasteiger partial charge is 0.308 e. The van der Waals surface area contributed by atoms with Gasteiger partial charge in [-0.05, 0) is 24.6 Å². The van der Waals surface area contributed by atoms with E-state index < -0.39 is 5.97 Å². The summed E-state index contributed by atoms with van der Waals surface area (Å²) >= 11 is 0. The van der Waals surface area contributed by atoms with E-state index in [0.29, 0.717) is 0 Å². The van der Waals surface area contributed by atoms with Crippen LogP contribution in [-0.2, 0) is 4.79 Å². The van der Waals surface area contributed by atoms with Crippen molar-refractivity contribution in [2.75, 3.05) is 0 Å². The fraction of sp³-hybridized carbons (Fsp3) is 0.182. The zero-order valence-electron chi connectivity index (χ0n) is 8.15. The van der Waals surface area contributed by atoms with Crippen molar-refractivity contribution in [2.24, 2.45) is 0 Å². The summed E-state index contributed by atoms with van der Waals surface area (Å²) in [6, 6.07) is 4.86. The average Bonchev–Trinajstić information content (AvgIpc) is 2.10. The Bertz CT molecular complexity index is 367. The minimum absolute atomic E-state index is 0.0317. The molecule has 0 heterocycles. The maximum atomic E-state index is 10.6. The van der Waals surface area contributed by atoms with E-state index in [4.69, 9.17) is 4.74 Å². The van der Waals surface area contributed by atoms with Crippen molar-refractivity contribution < 1.29 is 14.6 Å². The van der Waals surface area contributed by atoms with Gasteiger partial charge in [0.05, 0.1) is 0 Å². The van der Waals surface area contributed by atoms with E-state index in [0.717, 1.165) is 5.56 Å². The third-order valence-electron chi connectivity index (χ3n) is 1.60. The lowest BCUT2D eigenvalue weighted by Gasteiger charge is -2.04. The van der Waals surface area contributed by atoms with E-state index in [-0.39, 0.29) is 11.5 Å². The Labute approximate surface area is 82.6 Å². The first-order valence-corrected chi connectivity index (χ1v) is 4.27. The summed E-state index contributed by atoms with van der Waals surface area (Å²) in [6.45, 7) is 3.18. The van der Waals surface area contributed by atoms with E-state index in [1.807, 2.05) is 19.1 Å². The Hall–Kier alpha value is -1.77. The molecule has 3 nitrogen and oxygen atoms in total. The number of allylic oxidation sites excluding steroid dienone is 1. The largest absolute Gasteiger partial charge is 0.504 e. The van der Waals surface area contributed by atoms with E-state index in [2.05, 4.69) is 0 Å². The lowest BCUT2D eigenvalue weighted by Crippen LogP contribution is -2.01. The van der Waals surface area contributed by atoms with Gasteiger partial charge in [0.2, 0.25) is 0 Å². The van der Waals surface area contributed by atoms with Crippen molar-refractivity contribution in [1.29, 1.82) is 0 Å². The molecule has 1 rings (SSSR count). The van der Waals surface area contributed by atoms with Crippen LogP contribution in [0.2, 0.25) is 0 Å². The number of rotatable bonds is 2. The molecule has 0 saturated heterocycles. The molecule has 0 atom stereocenters. The summed E-state index contributed by atoms with van der Waals surface area (Å²) < 4.78 is 4.77. The average molecular weight is 192 g/mol. The highest BCUT2D eigenvalue weighted by Gasteiger charge is 2.04. The maximum absolute atomic E-state index is 10.6. The molecule has 0 amide bonds. The van der Waals surface area contributed by atoms with E-state index in [1.54, 1.807) is 12.1 Å². The normalized spacial score (nSPS) is 10.4. The molecule has 0 spiro atoms. The van der Waals surface area contributed by atoms with Crippen LogP contribution in [0.25, 0.3) is 6.08 Å². The highest BCUT2D eigenvalue weighted by molar-refractivity contribution is 5.70. The quantitative estimate of drug-likeness (QED) is 0.578. The summed E-state index contributed by atoms with van der Waals surface area (Å²) in [4.78, 5) is 10.6. The molecule has 0 aromatic heterocycles. The van der Waals surface area contributed by atoms with Crippen LogP contribution in [0.3, 0.4) is 0 Å². The molecule has 0 fully saturated rings. The molecule has 74 valence electrons. The fourth-order valence-corrected chi connectivity index (χ4v) is 1.07. The number of hydrogen-bond donors (Lipinski definition) is 1. The van der Waals surface area contributed by atoms with Crippen LogP contribution in [0, 0.1) is 0 Å². The van der Waals surface area contributed by atoms with Gasteiger partial charge in [-0.1, -0.05) is 18.2 Å². The Morgan fingerprint density at radius 1 is 1.50 bits per heavy atom. The second kappa shape index (κ2) is 4.46. The third-order valence-corrected chi connectivity index (χ3v) is 1.60. The second-order valence-electron chi connectivity index (χ2n) is 2.82. The predicted molar refractivity (Wildman–Crippen MR) is 54.1 cm³/mol. The van der Waals surface area contributed by atoms with Gasteiger partial charge in [-0.15, -0.1) is 0 Å². The van der Waals surface area contributed by atoms with Crippen LogP contribution >= 0.6 is 0 Å². The Morgan fingerprint density at radius 3 is 2.71 bits per heavy atom. The van der Waals surface area contributed by atoms with Gasteiger partial charge < -0.3 is 9.84 Å². The minimum Gasteiger partial charge on any atom is -0.504 e. The first-order chi connectivity index (χ1) is 6.63. The zero-order chi connectivity index (χ0) is 10.6. The third kappa shape index (κ3) is 2.62. The molecule has 0 aliphatic rings. The molecule has 0 aliphatic heterocycles. The van der Waals surface area contributed by atoms with Crippen molar-refractivity contribution >= 4 is 12.0 Å². The van der Waals surface area contributed by atoms with E-state index in [9.17, 15) is 9.90 Å². The number of carbonyl (C=O) groups excluding carboxylic acids is 1. The Morgan fingerprint density at radius 2 is 2.21 bits per heavy atom. The van der Waals surface area contributed by atoms with Gasteiger partial charge in [0.15, 0.2) is 11.5 Å². The number of esters is 1. The number of phenolic OH excluding ortho intramolecular Hbond substituents is 1. The molecule has 1 aromatic carbocycles. The molecule has 0 saturated carbocycles. The predicted octanol–water partition coefficient (Wildman–Crippen LogP) is 2.35. The van der Waals surface area contributed by atoms with E-state index in [1.165, 1.54) is 13.0 Å². The van der Waals surface area contributed by atoms with Crippen LogP contribution in [0.4, 0.5) is 0 Å². The topological polar surface area (TPSA) is 46.5 Å². The summed E-state index contributed by atoms with van der Waals surface area (Å²) in [5, 5.41) is 9.46. The first kappa shape index (κ1) is 10.3. The maximum Gasteiger partial charge on any atom is 0.308 e. The van der Waals surface area contributed by atoms with Crippen molar-refractivity contribution in [3.63, 3.8) is 0 Å². The summed E-state index contributed by atoms with van der Waals surface area (Å²) in [7, 11) is 0. The van der Waals surface area contributed by atoms with Gasteiger partial charge in [0.1, 0.15) is 0 Å². The number of benzene rings is 1. The number of ether oxygens (including phenoxy) is 1. The zero-order valence-corrected chi connectivity index (χ0v) is 8.15. The van der Waals surface area contributed by atoms with Crippen LogP contribution in [-0.4, -0.2) is 11.1 Å². The Balaban J connectivity index is 2.95. The number of phenols is 1.